The number of benzene rings is 2. The van der Waals surface area contributed by atoms with E-state index in [9.17, 15) is 14.4 Å². The monoisotopic (exact) mass is 339 g/mol. The smallest absolute Gasteiger partial charge is 0.334 e. The third-order valence-electron chi connectivity index (χ3n) is 3.59. The second kappa shape index (κ2) is 7.04. The Morgan fingerprint density at radius 2 is 1.68 bits per heavy atom. The molecule has 0 fully saturated rings. The zero-order valence-corrected chi connectivity index (χ0v) is 13.5. The van der Waals surface area contributed by atoms with Gasteiger partial charge in [-0.1, -0.05) is 12.1 Å². The highest BCUT2D eigenvalue weighted by Gasteiger charge is 2.29. The van der Waals surface area contributed by atoms with Gasteiger partial charge in [0, 0.05) is 18.3 Å². The minimum absolute atomic E-state index is 0.0549. The van der Waals surface area contributed by atoms with E-state index in [0.29, 0.717) is 22.8 Å². The molecule has 0 unspecified atom stereocenters. The van der Waals surface area contributed by atoms with Crippen LogP contribution < -0.4 is 20.7 Å². The number of carbonyl (C=O) groups is 3. The topological polar surface area (TPSA) is 96.5 Å². The fourth-order valence-electron chi connectivity index (χ4n) is 2.47. The predicted molar refractivity (Wildman–Crippen MR) is 93.5 cm³/mol. The lowest BCUT2D eigenvalue weighted by atomic mass is 10.1. The predicted octanol–water partition coefficient (Wildman–Crippen LogP) is 2.37. The van der Waals surface area contributed by atoms with Gasteiger partial charge >= 0.3 is 5.97 Å². The SMILES string of the molecule is CC(=O)Nc1ccc(NC(=O)C[C@@H]2Nc3ccccc3OC2=O)cc1. The van der Waals surface area contributed by atoms with E-state index >= 15 is 0 Å². The van der Waals surface area contributed by atoms with Crippen LogP contribution in [0.15, 0.2) is 48.5 Å². The first-order valence-corrected chi connectivity index (χ1v) is 7.76. The van der Waals surface area contributed by atoms with Gasteiger partial charge in [-0.3, -0.25) is 9.59 Å². The molecule has 3 rings (SSSR count). The zero-order valence-electron chi connectivity index (χ0n) is 13.5. The van der Waals surface area contributed by atoms with Crippen LogP contribution in [0.5, 0.6) is 5.75 Å². The van der Waals surface area contributed by atoms with Crippen molar-refractivity contribution in [3.63, 3.8) is 0 Å². The minimum atomic E-state index is -0.742. The van der Waals surface area contributed by atoms with Crippen molar-refractivity contribution in [2.75, 3.05) is 16.0 Å². The largest absolute Gasteiger partial charge is 0.423 e. The van der Waals surface area contributed by atoms with Crippen LogP contribution in [0.4, 0.5) is 17.1 Å². The number of ether oxygens (including phenoxy) is 1. The van der Waals surface area contributed by atoms with Gasteiger partial charge in [0.1, 0.15) is 6.04 Å². The van der Waals surface area contributed by atoms with Crippen molar-refractivity contribution >= 4 is 34.8 Å². The molecule has 7 nitrogen and oxygen atoms in total. The Labute approximate surface area is 144 Å². The van der Waals surface area contributed by atoms with Gasteiger partial charge < -0.3 is 20.7 Å². The summed E-state index contributed by atoms with van der Waals surface area (Å²) in [5.74, 6) is -0.521. The van der Waals surface area contributed by atoms with Crippen molar-refractivity contribution in [1.29, 1.82) is 0 Å². The number of fused-ring (bicyclic) bond motifs is 1. The van der Waals surface area contributed by atoms with Gasteiger partial charge in [0.15, 0.2) is 5.75 Å². The molecule has 0 saturated carbocycles. The molecule has 2 aromatic carbocycles. The number of nitrogens with one attached hydrogen (secondary N) is 3. The Morgan fingerprint density at radius 3 is 2.36 bits per heavy atom. The summed E-state index contributed by atoms with van der Waals surface area (Å²) in [4.78, 5) is 35.1. The average molecular weight is 339 g/mol. The standard InChI is InChI=1S/C18H17N3O4/c1-11(22)19-12-6-8-13(9-7-12)20-17(23)10-15-18(24)25-16-5-3-2-4-14(16)21-15/h2-9,15,21H,10H2,1H3,(H,19,22)(H,20,23)/t15-/m0/s1. The van der Waals surface area contributed by atoms with E-state index in [4.69, 9.17) is 4.74 Å². The molecule has 0 aliphatic carbocycles. The molecule has 0 bridgehead atoms. The van der Waals surface area contributed by atoms with Crippen molar-refractivity contribution in [3.05, 3.63) is 48.5 Å². The molecular weight excluding hydrogens is 322 g/mol. The Balaban J connectivity index is 1.59. The summed E-state index contributed by atoms with van der Waals surface area (Å²) < 4.78 is 5.23. The van der Waals surface area contributed by atoms with E-state index < -0.39 is 12.0 Å². The van der Waals surface area contributed by atoms with E-state index in [1.807, 2.05) is 6.07 Å². The lowest BCUT2D eigenvalue weighted by molar-refractivity contribution is -0.137. The molecule has 1 aliphatic heterocycles. The normalized spacial score (nSPS) is 15.4. The fraction of sp³-hybridized carbons (Fsp3) is 0.167. The Morgan fingerprint density at radius 1 is 1.04 bits per heavy atom. The number of amides is 2. The summed E-state index contributed by atoms with van der Waals surface area (Å²) in [6.07, 6.45) is -0.0549. The Bertz CT molecular complexity index is 817. The number of anilines is 3. The highest BCUT2D eigenvalue weighted by molar-refractivity contribution is 5.97. The first-order chi connectivity index (χ1) is 12.0. The maximum absolute atomic E-state index is 12.2. The van der Waals surface area contributed by atoms with Crippen LogP contribution in [0.25, 0.3) is 0 Å². The van der Waals surface area contributed by atoms with Crippen molar-refractivity contribution < 1.29 is 19.1 Å². The molecule has 0 aromatic heterocycles. The van der Waals surface area contributed by atoms with Gasteiger partial charge in [-0.05, 0) is 36.4 Å². The van der Waals surface area contributed by atoms with E-state index in [-0.39, 0.29) is 18.2 Å². The number of rotatable bonds is 4. The fourth-order valence-corrected chi connectivity index (χ4v) is 2.47. The number of esters is 1. The van der Waals surface area contributed by atoms with Gasteiger partial charge in [0.25, 0.3) is 0 Å². The lowest BCUT2D eigenvalue weighted by Gasteiger charge is -2.25. The van der Waals surface area contributed by atoms with Crippen LogP contribution in [-0.2, 0) is 14.4 Å². The Hall–Kier alpha value is -3.35. The minimum Gasteiger partial charge on any atom is -0.423 e. The van der Waals surface area contributed by atoms with Crippen molar-refractivity contribution in [2.45, 2.75) is 19.4 Å². The zero-order chi connectivity index (χ0) is 17.8. The highest BCUT2D eigenvalue weighted by Crippen LogP contribution is 2.29. The van der Waals surface area contributed by atoms with Gasteiger partial charge in [-0.2, -0.15) is 0 Å². The summed E-state index contributed by atoms with van der Waals surface area (Å²) in [5, 5.41) is 8.37. The third-order valence-corrected chi connectivity index (χ3v) is 3.59. The lowest BCUT2D eigenvalue weighted by Crippen LogP contribution is -2.39. The first-order valence-electron chi connectivity index (χ1n) is 7.76. The van der Waals surface area contributed by atoms with Gasteiger partial charge in [-0.15, -0.1) is 0 Å². The molecule has 25 heavy (non-hydrogen) atoms. The molecule has 0 radical (unpaired) electrons. The van der Waals surface area contributed by atoms with E-state index in [0.717, 1.165) is 0 Å². The maximum atomic E-state index is 12.2. The number of carbonyl (C=O) groups excluding carboxylic acids is 3. The molecule has 0 saturated heterocycles. The quantitative estimate of drug-likeness (QED) is 0.587. The molecule has 128 valence electrons. The van der Waals surface area contributed by atoms with Crippen LogP contribution in [-0.4, -0.2) is 23.8 Å². The third kappa shape index (κ3) is 4.14. The number of hydrogen-bond acceptors (Lipinski definition) is 5. The molecular formula is C18H17N3O4. The summed E-state index contributed by atoms with van der Waals surface area (Å²) in [7, 11) is 0. The van der Waals surface area contributed by atoms with Crippen molar-refractivity contribution in [2.24, 2.45) is 0 Å². The van der Waals surface area contributed by atoms with Crippen LogP contribution in [0.1, 0.15) is 13.3 Å². The van der Waals surface area contributed by atoms with Crippen LogP contribution in [0.2, 0.25) is 0 Å². The van der Waals surface area contributed by atoms with Crippen LogP contribution in [0, 0.1) is 0 Å². The summed E-state index contributed by atoms with van der Waals surface area (Å²) >= 11 is 0. The Kier molecular flexibility index (Phi) is 4.65. The average Bonchev–Trinajstić information content (AvgIpc) is 2.57. The summed E-state index contributed by atoms with van der Waals surface area (Å²) in [6.45, 7) is 1.42. The molecule has 3 N–H and O–H groups in total. The maximum Gasteiger partial charge on any atom is 0.334 e. The molecule has 1 atom stereocenters. The second-order valence-electron chi connectivity index (χ2n) is 5.63. The van der Waals surface area contributed by atoms with E-state index in [1.165, 1.54) is 6.92 Å². The van der Waals surface area contributed by atoms with Gasteiger partial charge in [0.05, 0.1) is 12.1 Å². The van der Waals surface area contributed by atoms with Crippen LogP contribution in [0.3, 0.4) is 0 Å². The van der Waals surface area contributed by atoms with Gasteiger partial charge in [0.2, 0.25) is 11.8 Å². The molecule has 0 spiro atoms. The highest BCUT2D eigenvalue weighted by atomic mass is 16.5. The number of para-hydroxylation sites is 2. The molecule has 2 amide bonds. The van der Waals surface area contributed by atoms with Crippen LogP contribution >= 0.6 is 0 Å². The van der Waals surface area contributed by atoms with Crippen molar-refractivity contribution in [1.82, 2.24) is 0 Å². The molecule has 2 aromatic rings. The van der Waals surface area contributed by atoms with E-state index in [1.54, 1.807) is 42.5 Å². The molecule has 7 heteroatoms. The molecule has 1 aliphatic rings. The summed E-state index contributed by atoms with van der Waals surface area (Å²) in [6, 6.07) is 13.0. The van der Waals surface area contributed by atoms with Crippen molar-refractivity contribution in [3.8, 4) is 5.75 Å². The van der Waals surface area contributed by atoms with Gasteiger partial charge in [-0.25, -0.2) is 4.79 Å². The first kappa shape index (κ1) is 16.5. The second-order valence-corrected chi connectivity index (χ2v) is 5.63. The van der Waals surface area contributed by atoms with E-state index in [2.05, 4.69) is 16.0 Å². The number of hydrogen-bond donors (Lipinski definition) is 3. The summed E-state index contributed by atoms with van der Waals surface area (Å²) in [5.41, 5.74) is 1.89. The molecule has 1 heterocycles.